The lowest BCUT2D eigenvalue weighted by atomic mass is 9.87. The molecule has 0 aromatic heterocycles. The Hall–Kier alpha value is -3.32. The Morgan fingerprint density at radius 3 is 2.50 bits per heavy atom. The molecule has 2 atom stereocenters. The summed E-state index contributed by atoms with van der Waals surface area (Å²) in [6.45, 7) is -0.0888. The van der Waals surface area contributed by atoms with E-state index in [1.165, 1.54) is 9.87 Å². The van der Waals surface area contributed by atoms with Crippen molar-refractivity contribution >= 4 is 21.6 Å². The highest BCUT2D eigenvalue weighted by Gasteiger charge is 2.38. The summed E-state index contributed by atoms with van der Waals surface area (Å²) in [4.78, 5) is 13.4. The van der Waals surface area contributed by atoms with Crippen molar-refractivity contribution in [2.75, 3.05) is 10.8 Å². The number of rotatable bonds is 4. The minimum absolute atomic E-state index is 0.0888. The van der Waals surface area contributed by atoms with E-state index in [9.17, 15) is 13.2 Å². The lowest BCUT2D eigenvalue weighted by Crippen LogP contribution is -2.51. The third kappa shape index (κ3) is 3.73. The van der Waals surface area contributed by atoms with Crippen LogP contribution in [0.1, 0.15) is 30.0 Å². The number of hydrogen-bond donors (Lipinski definition) is 1. The number of anilines is 1. The molecule has 1 aliphatic heterocycles. The van der Waals surface area contributed by atoms with Gasteiger partial charge in [0.15, 0.2) is 6.10 Å². The van der Waals surface area contributed by atoms with Crippen LogP contribution in [0.25, 0.3) is 0 Å². The van der Waals surface area contributed by atoms with Gasteiger partial charge in [-0.15, -0.1) is 0 Å². The molecule has 0 fully saturated rings. The van der Waals surface area contributed by atoms with Crippen LogP contribution in [0.5, 0.6) is 5.75 Å². The van der Waals surface area contributed by atoms with Crippen LogP contribution < -0.4 is 14.4 Å². The molecule has 3 aromatic carbocycles. The molecule has 0 bridgehead atoms. The highest BCUT2D eigenvalue weighted by Crippen LogP contribution is 2.37. The van der Waals surface area contributed by atoms with E-state index in [0.717, 1.165) is 24.8 Å². The number of ether oxygens (including phenoxy) is 1. The molecule has 0 unspecified atom stereocenters. The van der Waals surface area contributed by atoms with E-state index in [-0.39, 0.29) is 23.4 Å². The van der Waals surface area contributed by atoms with Crippen molar-refractivity contribution in [1.82, 2.24) is 5.32 Å². The quantitative estimate of drug-likeness (QED) is 0.658. The van der Waals surface area contributed by atoms with E-state index in [2.05, 4.69) is 11.4 Å². The third-order valence-corrected chi connectivity index (χ3v) is 7.84. The molecular formula is C25H24N2O4S. The summed E-state index contributed by atoms with van der Waals surface area (Å²) in [6.07, 6.45) is 1.89. The number of amides is 1. The highest BCUT2D eigenvalue weighted by molar-refractivity contribution is 7.92. The molecule has 0 spiro atoms. The van der Waals surface area contributed by atoms with Crippen molar-refractivity contribution < 1.29 is 17.9 Å². The smallest absolute Gasteiger partial charge is 0.264 e. The van der Waals surface area contributed by atoms with E-state index >= 15 is 0 Å². The van der Waals surface area contributed by atoms with Gasteiger partial charge in [0.1, 0.15) is 5.75 Å². The van der Waals surface area contributed by atoms with Gasteiger partial charge in [-0.1, -0.05) is 54.6 Å². The number of nitrogens with zero attached hydrogens (tertiary/aromatic N) is 1. The maximum absolute atomic E-state index is 13.4. The second-order valence-electron chi connectivity index (χ2n) is 8.08. The van der Waals surface area contributed by atoms with E-state index < -0.39 is 16.1 Å². The van der Waals surface area contributed by atoms with Crippen molar-refractivity contribution in [2.24, 2.45) is 0 Å². The fourth-order valence-corrected chi connectivity index (χ4v) is 5.95. The summed E-state index contributed by atoms with van der Waals surface area (Å²) < 4.78 is 34.1. The minimum Gasteiger partial charge on any atom is -0.476 e. The largest absolute Gasteiger partial charge is 0.476 e. The van der Waals surface area contributed by atoms with E-state index in [1.807, 2.05) is 18.2 Å². The first-order valence-electron chi connectivity index (χ1n) is 10.8. The van der Waals surface area contributed by atoms with Crippen molar-refractivity contribution in [3.8, 4) is 5.75 Å². The molecule has 164 valence electrons. The van der Waals surface area contributed by atoms with Gasteiger partial charge in [0.25, 0.3) is 15.9 Å². The van der Waals surface area contributed by atoms with Gasteiger partial charge in [-0.25, -0.2) is 8.42 Å². The predicted molar refractivity (Wildman–Crippen MR) is 122 cm³/mol. The SMILES string of the molecule is O=C(N[C@H]1CCCc2ccccc21)[C@H]1CN(S(=O)(=O)c2ccccc2)c2ccccc2O1. The number of carbonyl (C=O) groups excluding carboxylic acids is 1. The van der Waals surface area contributed by atoms with E-state index in [4.69, 9.17) is 4.74 Å². The number of fused-ring (bicyclic) bond motifs is 2. The van der Waals surface area contributed by atoms with Gasteiger partial charge in [0.05, 0.1) is 23.2 Å². The average Bonchev–Trinajstić information content (AvgIpc) is 2.84. The molecule has 1 N–H and O–H groups in total. The summed E-state index contributed by atoms with van der Waals surface area (Å²) in [6, 6.07) is 23.2. The fraction of sp³-hybridized carbons (Fsp3) is 0.240. The number of nitrogens with one attached hydrogen (secondary N) is 1. The Kier molecular flexibility index (Phi) is 5.35. The molecule has 3 aromatic rings. The Morgan fingerprint density at radius 2 is 1.66 bits per heavy atom. The van der Waals surface area contributed by atoms with Gasteiger partial charge in [-0.3, -0.25) is 9.10 Å². The van der Waals surface area contributed by atoms with E-state index in [0.29, 0.717) is 11.4 Å². The molecule has 1 amide bonds. The molecule has 5 rings (SSSR count). The van der Waals surface area contributed by atoms with Gasteiger partial charge in [0.2, 0.25) is 0 Å². The zero-order valence-corrected chi connectivity index (χ0v) is 18.3. The standard InChI is InChI=1S/C25H24N2O4S/c28-25(26-21-14-8-10-18-9-4-5-13-20(18)21)24-17-27(22-15-6-7-16-23(22)31-24)32(29,30)19-11-2-1-3-12-19/h1-7,9,11-13,15-16,21,24H,8,10,14,17H2,(H,26,28)/t21-,24+/m0/s1. The topological polar surface area (TPSA) is 75.7 Å². The molecule has 1 aliphatic carbocycles. The van der Waals surface area contributed by atoms with Crippen LogP contribution in [0.15, 0.2) is 83.8 Å². The van der Waals surface area contributed by atoms with Crippen molar-refractivity contribution in [1.29, 1.82) is 0 Å². The van der Waals surface area contributed by atoms with Gasteiger partial charge in [0, 0.05) is 0 Å². The fourth-order valence-electron chi connectivity index (χ4n) is 4.45. The molecule has 1 heterocycles. The van der Waals surface area contributed by atoms with Crippen LogP contribution in [-0.2, 0) is 21.2 Å². The third-order valence-electron chi connectivity index (χ3n) is 6.04. The number of hydrogen-bond acceptors (Lipinski definition) is 4. The Balaban J connectivity index is 1.44. The Bertz CT molecular complexity index is 1240. The summed E-state index contributed by atoms with van der Waals surface area (Å²) in [5.74, 6) is 0.0666. The van der Waals surface area contributed by atoms with Crippen LogP contribution in [0, 0.1) is 0 Å². The van der Waals surface area contributed by atoms with Crippen molar-refractivity contribution in [3.63, 3.8) is 0 Å². The first-order chi connectivity index (χ1) is 15.5. The summed E-state index contributed by atoms with van der Waals surface area (Å²) in [5.41, 5.74) is 2.80. The summed E-state index contributed by atoms with van der Waals surface area (Å²) in [7, 11) is -3.85. The first kappa shape index (κ1) is 20.6. The second-order valence-corrected chi connectivity index (χ2v) is 9.94. The molecule has 7 heteroatoms. The first-order valence-corrected chi connectivity index (χ1v) is 12.2. The van der Waals surface area contributed by atoms with Crippen LogP contribution in [0.2, 0.25) is 0 Å². The number of sulfonamides is 1. The van der Waals surface area contributed by atoms with Crippen LogP contribution in [-0.4, -0.2) is 27.0 Å². The Morgan fingerprint density at radius 1 is 0.938 bits per heavy atom. The van der Waals surface area contributed by atoms with E-state index in [1.54, 1.807) is 54.6 Å². The van der Waals surface area contributed by atoms with Crippen molar-refractivity contribution in [3.05, 3.63) is 90.0 Å². The zero-order chi connectivity index (χ0) is 22.1. The van der Waals surface area contributed by atoms with Gasteiger partial charge in [-0.05, 0) is 54.7 Å². The summed E-state index contributed by atoms with van der Waals surface area (Å²) >= 11 is 0. The molecule has 0 radical (unpaired) electrons. The molecule has 0 saturated heterocycles. The molecule has 2 aliphatic rings. The zero-order valence-electron chi connectivity index (χ0n) is 17.5. The predicted octanol–water partition coefficient (Wildman–Crippen LogP) is 3.84. The monoisotopic (exact) mass is 448 g/mol. The average molecular weight is 449 g/mol. The number of para-hydroxylation sites is 2. The maximum Gasteiger partial charge on any atom is 0.264 e. The van der Waals surface area contributed by atoms with Gasteiger partial charge >= 0.3 is 0 Å². The Labute approximate surface area is 187 Å². The molecular weight excluding hydrogens is 424 g/mol. The van der Waals surface area contributed by atoms with Gasteiger partial charge < -0.3 is 10.1 Å². The molecule has 32 heavy (non-hydrogen) atoms. The lowest BCUT2D eigenvalue weighted by Gasteiger charge is -2.35. The number of benzene rings is 3. The molecule has 0 saturated carbocycles. The number of carbonyl (C=O) groups is 1. The second kappa shape index (κ2) is 8.31. The van der Waals surface area contributed by atoms with Crippen LogP contribution in [0.3, 0.4) is 0 Å². The van der Waals surface area contributed by atoms with Gasteiger partial charge in [-0.2, -0.15) is 0 Å². The highest BCUT2D eigenvalue weighted by atomic mass is 32.2. The van der Waals surface area contributed by atoms with Crippen molar-refractivity contribution in [2.45, 2.75) is 36.3 Å². The maximum atomic E-state index is 13.4. The van der Waals surface area contributed by atoms with Crippen LogP contribution in [0.4, 0.5) is 5.69 Å². The summed E-state index contributed by atoms with van der Waals surface area (Å²) in [5, 5.41) is 3.10. The lowest BCUT2D eigenvalue weighted by molar-refractivity contribution is -0.128. The minimum atomic E-state index is -3.85. The number of aryl methyl sites for hydroxylation is 1. The molecule has 6 nitrogen and oxygen atoms in total. The normalized spacial score (nSPS) is 19.9. The van der Waals surface area contributed by atoms with Crippen LogP contribution >= 0.6 is 0 Å².